The average Bonchev–Trinajstić information content (AvgIpc) is 2.89. The summed E-state index contributed by atoms with van der Waals surface area (Å²) in [7, 11) is 0. The first-order valence-electron chi connectivity index (χ1n) is 5.42. The van der Waals surface area contributed by atoms with E-state index in [-0.39, 0.29) is 6.54 Å². The van der Waals surface area contributed by atoms with Crippen LogP contribution in [0, 0.1) is 21.7 Å². The zero-order valence-corrected chi connectivity index (χ0v) is 10.7. The molecule has 0 aliphatic rings. The fourth-order valence-corrected chi connectivity index (χ4v) is 2.22. The van der Waals surface area contributed by atoms with Gasteiger partial charge < -0.3 is 5.32 Å². The topological polar surface area (TPSA) is 72.2 Å². The predicted octanol–water partition coefficient (Wildman–Crippen LogP) is 2.86. The Bertz CT molecular complexity index is 659. The van der Waals surface area contributed by atoms with Gasteiger partial charge in [-0.15, -0.1) is 0 Å². The molecular formula is C12H8F2N2O3S. The molecule has 0 spiro atoms. The summed E-state index contributed by atoms with van der Waals surface area (Å²) in [6.45, 7) is 0.0872. The van der Waals surface area contributed by atoms with Crippen molar-refractivity contribution in [1.29, 1.82) is 0 Å². The Labute approximate surface area is 116 Å². The van der Waals surface area contributed by atoms with Crippen molar-refractivity contribution < 1.29 is 18.5 Å². The molecule has 1 amide bonds. The number of nitrogens with zero attached hydrogens (tertiary/aromatic N) is 1. The molecule has 1 aromatic heterocycles. The number of carbonyl (C=O) groups is 1. The molecule has 104 valence electrons. The number of nitro groups is 1. The third kappa shape index (κ3) is 2.80. The molecule has 2 rings (SSSR count). The molecule has 0 aliphatic carbocycles. The lowest BCUT2D eigenvalue weighted by molar-refractivity contribution is -0.387. The average molecular weight is 298 g/mol. The number of nitrogens with one attached hydrogen (secondary N) is 1. The summed E-state index contributed by atoms with van der Waals surface area (Å²) in [6, 6.07) is 3.12. The van der Waals surface area contributed by atoms with Gasteiger partial charge in [0.2, 0.25) is 5.82 Å². The minimum absolute atomic E-state index is 0.0872. The number of carbonyl (C=O) groups excluding carboxylic acids is 1. The number of halogens is 2. The lowest BCUT2D eigenvalue weighted by atomic mass is 10.1. The van der Waals surface area contributed by atoms with Crippen molar-refractivity contribution in [2.45, 2.75) is 6.54 Å². The zero-order valence-electron chi connectivity index (χ0n) is 9.93. The third-order valence-electron chi connectivity index (χ3n) is 2.53. The normalized spacial score (nSPS) is 10.3. The fourth-order valence-electron chi connectivity index (χ4n) is 1.55. The van der Waals surface area contributed by atoms with E-state index in [1.807, 2.05) is 0 Å². The van der Waals surface area contributed by atoms with E-state index in [1.54, 1.807) is 16.8 Å². The number of nitro benzene ring substituents is 1. The minimum Gasteiger partial charge on any atom is -0.348 e. The van der Waals surface area contributed by atoms with Gasteiger partial charge in [-0.1, -0.05) is 0 Å². The summed E-state index contributed by atoms with van der Waals surface area (Å²) in [6.07, 6.45) is 0. The SMILES string of the molecule is O=C(NCc1ccsc1)c1c(F)ccc([N+](=O)[O-])c1F. The van der Waals surface area contributed by atoms with Gasteiger partial charge in [0.1, 0.15) is 11.4 Å². The number of benzene rings is 1. The van der Waals surface area contributed by atoms with Crippen molar-refractivity contribution in [3.8, 4) is 0 Å². The second-order valence-corrected chi connectivity index (χ2v) is 4.61. The van der Waals surface area contributed by atoms with Crippen molar-refractivity contribution in [1.82, 2.24) is 5.32 Å². The van der Waals surface area contributed by atoms with Crippen molar-refractivity contribution in [2.75, 3.05) is 0 Å². The highest BCUT2D eigenvalue weighted by atomic mass is 32.1. The van der Waals surface area contributed by atoms with Crippen LogP contribution in [0.2, 0.25) is 0 Å². The highest BCUT2D eigenvalue weighted by Gasteiger charge is 2.25. The van der Waals surface area contributed by atoms with Gasteiger partial charge in [-0.25, -0.2) is 4.39 Å². The molecule has 8 heteroatoms. The number of hydrogen-bond acceptors (Lipinski definition) is 4. The number of thiophene rings is 1. The summed E-state index contributed by atoms with van der Waals surface area (Å²) < 4.78 is 27.2. The second kappa shape index (κ2) is 5.74. The molecule has 5 nitrogen and oxygen atoms in total. The number of hydrogen-bond donors (Lipinski definition) is 1. The van der Waals surface area contributed by atoms with Crippen molar-refractivity contribution >= 4 is 22.9 Å². The monoisotopic (exact) mass is 298 g/mol. The quantitative estimate of drug-likeness (QED) is 0.697. The largest absolute Gasteiger partial charge is 0.348 e. The Morgan fingerprint density at radius 3 is 2.70 bits per heavy atom. The van der Waals surface area contributed by atoms with Gasteiger partial charge >= 0.3 is 5.69 Å². The van der Waals surface area contributed by atoms with Gasteiger partial charge in [-0.05, 0) is 28.5 Å². The van der Waals surface area contributed by atoms with Gasteiger partial charge in [-0.3, -0.25) is 14.9 Å². The lowest BCUT2D eigenvalue weighted by Gasteiger charge is -2.06. The lowest BCUT2D eigenvalue weighted by Crippen LogP contribution is -2.25. The molecule has 1 N–H and O–H groups in total. The first kappa shape index (κ1) is 14.1. The summed E-state index contributed by atoms with van der Waals surface area (Å²) in [5.41, 5.74) is -1.11. The number of amides is 1. The first-order valence-corrected chi connectivity index (χ1v) is 6.36. The Morgan fingerprint density at radius 2 is 2.10 bits per heavy atom. The Morgan fingerprint density at radius 1 is 1.35 bits per heavy atom. The molecule has 0 aliphatic heterocycles. The number of rotatable bonds is 4. The van der Waals surface area contributed by atoms with Crippen LogP contribution in [0.15, 0.2) is 29.0 Å². The van der Waals surface area contributed by atoms with Gasteiger partial charge in [-0.2, -0.15) is 15.7 Å². The van der Waals surface area contributed by atoms with Crippen LogP contribution in [0.1, 0.15) is 15.9 Å². The molecule has 1 aromatic carbocycles. The molecule has 2 aromatic rings. The molecule has 0 saturated heterocycles. The van der Waals surface area contributed by atoms with E-state index in [0.29, 0.717) is 12.1 Å². The highest BCUT2D eigenvalue weighted by molar-refractivity contribution is 7.07. The van der Waals surface area contributed by atoms with E-state index in [9.17, 15) is 23.7 Å². The summed E-state index contributed by atoms with van der Waals surface area (Å²) in [5.74, 6) is -3.65. The van der Waals surface area contributed by atoms with Gasteiger partial charge in [0.25, 0.3) is 5.91 Å². The van der Waals surface area contributed by atoms with Crippen molar-refractivity contribution in [2.24, 2.45) is 0 Å². The van der Waals surface area contributed by atoms with Crippen LogP contribution in [-0.4, -0.2) is 10.8 Å². The third-order valence-corrected chi connectivity index (χ3v) is 3.26. The minimum atomic E-state index is -1.47. The molecule has 0 bridgehead atoms. The summed E-state index contributed by atoms with van der Waals surface area (Å²) >= 11 is 1.41. The van der Waals surface area contributed by atoms with E-state index < -0.39 is 33.7 Å². The molecule has 0 radical (unpaired) electrons. The standard InChI is InChI=1S/C12H8F2N2O3S/c13-8-1-2-9(16(18)19)11(14)10(8)12(17)15-5-7-3-4-20-6-7/h1-4,6H,5H2,(H,15,17). The van der Waals surface area contributed by atoms with E-state index in [0.717, 1.165) is 5.56 Å². The van der Waals surface area contributed by atoms with Gasteiger partial charge in [0.05, 0.1) is 4.92 Å². The van der Waals surface area contributed by atoms with Crippen LogP contribution in [-0.2, 0) is 6.54 Å². The van der Waals surface area contributed by atoms with Gasteiger partial charge in [0.15, 0.2) is 0 Å². The smallest absolute Gasteiger partial charge is 0.305 e. The predicted molar refractivity (Wildman–Crippen MR) is 68.5 cm³/mol. The molecule has 20 heavy (non-hydrogen) atoms. The maximum absolute atomic E-state index is 13.8. The zero-order chi connectivity index (χ0) is 14.7. The Balaban J connectivity index is 2.25. The summed E-state index contributed by atoms with van der Waals surface area (Å²) in [4.78, 5) is 21.3. The van der Waals surface area contributed by atoms with Crippen LogP contribution in [0.25, 0.3) is 0 Å². The van der Waals surface area contributed by atoms with Crippen molar-refractivity contribution in [3.63, 3.8) is 0 Å². The van der Waals surface area contributed by atoms with Crippen LogP contribution < -0.4 is 5.32 Å². The summed E-state index contributed by atoms with van der Waals surface area (Å²) in [5, 5.41) is 16.4. The van der Waals surface area contributed by atoms with Crippen LogP contribution in [0.5, 0.6) is 0 Å². The van der Waals surface area contributed by atoms with Crippen LogP contribution in [0.3, 0.4) is 0 Å². The van der Waals surface area contributed by atoms with Gasteiger partial charge in [0, 0.05) is 12.6 Å². The van der Waals surface area contributed by atoms with E-state index in [1.165, 1.54) is 11.3 Å². The second-order valence-electron chi connectivity index (χ2n) is 3.83. The van der Waals surface area contributed by atoms with Crippen LogP contribution >= 0.6 is 11.3 Å². The maximum atomic E-state index is 13.8. The Kier molecular flexibility index (Phi) is 4.04. The van der Waals surface area contributed by atoms with Crippen molar-refractivity contribution in [3.05, 3.63) is 61.8 Å². The molecule has 0 unspecified atom stereocenters. The molecule has 0 saturated carbocycles. The fraction of sp³-hybridized carbons (Fsp3) is 0.0833. The van der Waals surface area contributed by atoms with E-state index >= 15 is 0 Å². The first-order chi connectivity index (χ1) is 9.50. The molecule has 0 fully saturated rings. The Hall–Kier alpha value is -2.35. The van der Waals surface area contributed by atoms with E-state index in [2.05, 4.69) is 5.32 Å². The maximum Gasteiger partial charge on any atom is 0.305 e. The molecule has 0 atom stereocenters. The van der Waals surface area contributed by atoms with Crippen LogP contribution in [0.4, 0.5) is 14.5 Å². The highest BCUT2D eigenvalue weighted by Crippen LogP contribution is 2.23. The molecular weight excluding hydrogens is 290 g/mol. The van der Waals surface area contributed by atoms with E-state index in [4.69, 9.17) is 0 Å². The molecule has 1 heterocycles.